The number of hydrogen-bond donors (Lipinski definition) is 0. The number of nitrogens with zero attached hydrogens (tertiary/aromatic N) is 2. The second kappa shape index (κ2) is 5.95. The monoisotopic (exact) mass is 184 g/mol. The lowest BCUT2D eigenvalue weighted by Gasteiger charge is -2.26. The van der Waals surface area contributed by atoms with Crippen LogP contribution in [0.3, 0.4) is 0 Å². The number of rotatable bonds is 6. The molecule has 0 rings (SSSR count). The van der Waals surface area contributed by atoms with E-state index in [2.05, 4.69) is 31.7 Å². The van der Waals surface area contributed by atoms with E-state index in [1.54, 1.807) is 7.11 Å². The normalized spacial score (nSPS) is 11.7. The molecule has 0 amide bonds. The Morgan fingerprint density at radius 2 is 2.08 bits per heavy atom. The summed E-state index contributed by atoms with van der Waals surface area (Å²) in [7, 11) is 1.72. The molecule has 3 heteroatoms. The average Bonchev–Trinajstić information content (AvgIpc) is 2.12. The van der Waals surface area contributed by atoms with Gasteiger partial charge in [0.25, 0.3) is 0 Å². The lowest BCUT2D eigenvalue weighted by atomic mass is 10.1. The highest BCUT2D eigenvalue weighted by Gasteiger charge is 2.17. The van der Waals surface area contributed by atoms with E-state index in [1.807, 2.05) is 0 Å². The minimum Gasteiger partial charge on any atom is -0.379 e. The Kier molecular flexibility index (Phi) is 5.68. The van der Waals surface area contributed by atoms with Gasteiger partial charge in [-0.15, -0.1) is 0 Å². The van der Waals surface area contributed by atoms with Crippen LogP contribution in [0.2, 0.25) is 0 Å². The smallest absolute Gasteiger partial charge is 0.0865 e. The summed E-state index contributed by atoms with van der Waals surface area (Å²) in [5, 5.41) is 8.53. The Bertz CT molecular complexity index is 172. The Morgan fingerprint density at radius 3 is 2.46 bits per heavy atom. The molecule has 0 aliphatic carbocycles. The SMILES string of the molecule is CCN(CC#N)CCC(C)(C)OC. The molecular weight excluding hydrogens is 164 g/mol. The predicted molar refractivity (Wildman–Crippen MR) is 53.4 cm³/mol. The topological polar surface area (TPSA) is 36.3 Å². The third kappa shape index (κ3) is 5.62. The van der Waals surface area contributed by atoms with Crippen molar-refractivity contribution in [1.29, 1.82) is 5.26 Å². The van der Waals surface area contributed by atoms with Gasteiger partial charge >= 0.3 is 0 Å². The number of methoxy groups -OCH3 is 1. The van der Waals surface area contributed by atoms with Gasteiger partial charge in [0.15, 0.2) is 0 Å². The molecule has 0 aliphatic rings. The highest BCUT2D eigenvalue weighted by molar-refractivity contribution is 4.78. The summed E-state index contributed by atoms with van der Waals surface area (Å²) < 4.78 is 5.30. The first-order chi connectivity index (χ1) is 6.05. The first-order valence-corrected chi connectivity index (χ1v) is 4.70. The molecule has 0 spiro atoms. The quantitative estimate of drug-likeness (QED) is 0.589. The largest absolute Gasteiger partial charge is 0.379 e. The summed E-state index contributed by atoms with van der Waals surface area (Å²) in [6.45, 7) is 8.55. The maximum absolute atomic E-state index is 8.53. The first-order valence-electron chi connectivity index (χ1n) is 4.70. The fourth-order valence-corrected chi connectivity index (χ4v) is 0.978. The molecule has 0 aliphatic heterocycles. The van der Waals surface area contributed by atoms with Gasteiger partial charge in [0, 0.05) is 13.7 Å². The van der Waals surface area contributed by atoms with Crippen LogP contribution in [-0.4, -0.2) is 37.2 Å². The number of nitriles is 1. The molecule has 0 atom stereocenters. The molecule has 0 fully saturated rings. The summed E-state index contributed by atoms with van der Waals surface area (Å²) in [5.41, 5.74) is -0.0805. The summed E-state index contributed by atoms with van der Waals surface area (Å²) >= 11 is 0. The van der Waals surface area contributed by atoms with E-state index in [4.69, 9.17) is 10.00 Å². The molecule has 0 bridgehead atoms. The van der Waals surface area contributed by atoms with Crippen LogP contribution in [0, 0.1) is 11.3 Å². The van der Waals surface area contributed by atoms with E-state index in [9.17, 15) is 0 Å². The van der Waals surface area contributed by atoms with Crippen molar-refractivity contribution in [1.82, 2.24) is 4.90 Å². The van der Waals surface area contributed by atoms with Crippen molar-refractivity contribution in [2.24, 2.45) is 0 Å². The van der Waals surface area contributed by atoms with Gasteiger partial charge in [-0.25, -0.2) is 0 Å². The summed E-state index contributed by atoms with van der Waals surface area (Å²) in [6.07, 6.45) is 0.957. The number of ether oxygens (including phenoxy) is 1. The molecule has 13 heavy (non-hydrogen) atoms. The van der Waals surface area contributed by atoms with Crippen LogP contribution in [0.5, 0.6) is 0 Å². The molecule has 0 aromatic heterocycles. The second-order valence-corrected chi connectivity index (χ2v) is 3.74. The molecule has 0 aromatic rings. The van der Waals surface area contributed by atoms with Crippen molar-refractivity contribution in [3.05, 3.63) is 0 Å². The van der Waals surface area contributed by atoms with Crippen molar-refractivity contribution < 1.29 is 4.74 Å². The van der Waals surface area contributed by atoms with Crippen LogP contribution in [0.15, 0.2) is 0 Å². The highest BCUT2D eigenvalue weighted by atomic mass is 16.5. The molecule has 0 radical (unpaired) electrons. The fraction of sp³-hybridized carbons (Fsp3) is 0.900. The van der Waals surface area contributed by atoms with Crippen molar-refractivity contribution >= 4 is 0 Å². The Labute approximate surface area is 81.3 Å². The van der Waals surface area contributed by atoms with Gasteiger partial charge < -0.3 is 4.74 Å². The average molecular weight is 184 g/mol. The zero-order chi connectivity index (χ0) is 10.3. The molecule has 76 valence electrons. The van der Waals surface area contributed by atoms with E-state index in [0.29, 0.717) is 6.54 Å². The van der Waals surface area contributed by atoms with Gasteiger partial charge in [0.05, 0.1) is 18.2 Å². The molecule has 0 aromatic carbocycles. The molecule has 0 saturated carbocycles. The lowest BCUT2D eigenvalue weighted by Crippen LogP contribution is -2.32. The molecule has 0 saturated heterocycles. The van der Waals surface area contributed by atoms with Crippen molar-refractivity contribution in [2.45, 2.75) is 32.8 Å². The molecule has 0 unspecified atom stereocenters. The fourth-order valence-electron chi connectivity index (χ4n) is 0.978. The lowest BCUT2D eigenvalue weighted by molar-refractivity contribution is 0.00864. The van der Waals surface area contributed by atoms with E-state index in [1.165, 1.54) is 0 Å². The van der Waals surface area contributed by atoms with Crippen LogP contribution < -0.4 is 0 Å². The van der Waals surface area contributed by atoms with Crippen LogP contribution >= 0.6 is 0 Å². The Hall–Kier alpha value is -0.590. The zero-order valence-corrected chi connectivity index (χ0v) is 9.13. The molecular formula is C10H20N2O. The third-order valence-electron chi connectivity index (χ3n) is 2.32. The van der Waals surface area contributed by atoms with Crippen LogP contribution in [0.25, 0.3) is 0 Å². The van der Waals surface area contributed by atoms with Crippen molar-refractivity contribution in [2.75, 3.05) is 26.7 Å². The van der Waals surface area contributed by atoms with E-state index in [-0.39, 0.29) is 5.60 Å². The zero-order valence-electron chi connectivity index (χ0n) is 9.13. The van der Waals surface area contributed by atoms with Crippen LogP contribution in [0.1, 0.15) is 27.2 Å². The number of hydrogen-bond acceptors (Lipinski definition) is 3. The van der Waals surface area contributed by atoms with E-state index in [0.717, 1.165) is 19.5 Å². The Morgan fingerprint density at radius 1 is 1.46 bits per heavy atom. The molecule has 3 nitrogen and oxygen atoms in total. The van der Waals surface area contributed by atoms with Gasteiger partial charge in [-0.3, -0.25) is 4.90 Å². The summed E-state index contributed by atoms with van der Waals surface area (Å²) in [4.78, 5) is 2.11. The predicted octanol–water partition coefficient (Wildman–Crippen LogP) is 1.65. The van der Waals surface area contributed by atoms with Gasteiger partial charge in [0.2, 0.25) is 0 Å². The standard InChI is InChI=1S/C10H20N2O/c1-5-12(9-7-11)8-6-10(2,3)13-4/h5-6,8-9H2,1-4H3. The minimum absolute atomic E-state index is 0.0805. The maximum atomic E-state index is 8.53. The van der Waals surface area contributed by atoms with Crippen molar-refractivity contribution in [3.8, 4) is 6.07 Å². The van der Waals surface area contributed by atoms with E-state index < -0.39 is 0 Å². The Balaban J connectivity index is 3.78. The summed E-state index contributed by atoms with van der Waals surface area (Å²) in [5.74, 6) is 0. The first kappa shape index (κ1) is 12.4. The van der Waals surface area contributed by atoms with E-state index >= 15 is 0 Å². The molecule has 0 heterocycles. The van der Waals surface area contributed by atoms with Gasteiger partial charge in [-0.05, 0) is 26.8 Å². The van der Waals surface area contributed by atoms with Gasteiger partial charge in [-0.2, -0.15) is 5.26 Å². The maximum Gasteiger partial charge on any atom is 0.0865 e. The molecule has 0 N–H and O–H groups in total. The van der Waals surface area contributed by atoms with Crippen molar-refractivity contribution in [3.63, 3.8) is 0 Å². The minimum atomic E-state index is -0.0805. The third-order valence-corrected chi connectivity index (χ3v) is 2.32. The second-order valence-electron chi connectivity index (χ2n) is 3.74. The van der Waals surface area contributed by atoms with Crippen LogP contribution in [-0.2, 0) is 4.74 Å². The summed E-state index contributed by atoms with van der Waals surface area (Å²) in [6, 6.07) is 2.16. The van der Waals surface area contributed by atoms with Gasteiger partial charge in [-0.1, -0.05) is 6.92 Å². The van der Waals surface area contributed by atoms with Crippen LogP contribution in [0.4, 0.5) is 0 Å². The highest BCUT2D eigenvalue weighted by Crippen LogP contribution is 2.13. The van der Waals surface area contributed by atoms with Gasteiger partial charge in [0.1, 0.15) is 0 Å².